The molecule has 3 N–H and O–H groups in total. The number of halogens is 2. The average molecular weight is 394 g/mol. The topological polar surface area (TPSA) is 88.3 Å². The van der Waals surface area contributed by atoms with Crippen molar-refractivity contribution in [2.24, 2.45) is 0 Å². The first-order valence-corrected chi connectivity index (χ1v) is 9.09. The number of alkyl halides is 2. The Hall–Kier alpha value is -3.55. The molecule has 1 fully saturated rings. The van der Waals surface area contributed by atoms with Crippen LogP contribution in [0.1, 0.15) is 15.9 Å². The number of aromatic nitrogens is 1. The van der Waals surface area contributed by atoms with Crippen molar-refractivity contribution >= 4 is 34.1 Å². The minimum atomic E-state index is -2.82. The van der Waals surface area contributed by atoms with Gasteiger partial charge in [0.1, 0.15) is 5.82 Å². The fraction of sp³-hybridized carbons (Fsp3) is 0.190. The molecule has 1 saturated heterocycles. The van der Waals surface area contributed by atoms with Crippen molar-refractivity contribution in [1.82, 2.24) is 9.88 Å². The SMILES string of the molecule is Nc1ncc(-c2ccc3c(c2)NC(=O)C3)c2cc(C(=O)N3CC(F)(F)C3)ccc12. The number of carbonyl (C=O) groups excluding carboxylic acids is 2. The second-order valence-corrected chi connectivity index (χ2v) is 7.43. The monoisotopic (exact) mass is 394 g/mol. The van der Waals surface area contributed by atoms with Gasteiger partial charge in [0, 0.05) is 28.4 Å². The molecule has 2 aromatic carbocycles. The Bertz CT molecular complexity index is 1200. The van der Waals surface area contributed by atoms with Gasteiger partial charge in [-0.15, -0.1) is 0 Å². The Kier molecular flexibility index (Phi) is 3.61. The van der Waals surface area contributed by atoms with Crippen LogP contribution >= 0.6 is 0 Å². The van der Waals surface area contributed by atoms with Crippen LogP contribution in [-0.4, -0.2) is 40.7 Å². The molecule has 8 heteroatoms. The van der Waals surface area contributed by atoms with Crippen LogP contribution in [0.2, 0.25) is 0 Å². The van der Waals surface area contributed by atoms with Gasteiger partial charge in [-0.25, -0.2) is 13.8 Å². The summed E-state index contributed by atoms with van der Waals surface area (Å²) in [7, 11) is 0. The number of fused-ring (bicyclic) bond motifs is 2. The molecule has 0 bridgehead atoms. The second-order valence-electron chi connectivity index (χ2n) is 7.43. The first-order chi connectivity index (χ1) is 13.8. The molecule has 3 aromatic rings. The van der Waals surface area contributed by atoms with Gasteiger partial charge in [-0.05, 0) is 40.8 Å². The van der Waals surface area contributed by atoms with E-state index in [0.717, 1.165) is 27.3 Å². The van der Waals surface area contributed by atoms with E-state index in [1.54, 1.807) is 24.4 Å². The summed E-state index contributed by atoms with van der Waals surface area (Å²) < 4.78 is 26.3. The Balaban J connectivity index is 1.59. The predicted octanol–water partition coefficient (Wildman–Crippen LogP) is 3.07. The average Bonchev–Trinajstić information content (AvgIpc) is 3.04. The highest BCUT2D eigenvalue weighted by molar-refractivity contribution is 6.07. The van der Waals surface area contributed by atoms with Crippen molar-refractivity contribution in [2.45, 2.75) is 12.3 Å². The quantitative estimate of drug-likeness (QED) is 0.699. The number of nitrogens with zero attached hydrogens (tertiary/aromatic N) is 2. The lowest BCUT2D eigenvalue weighted by atomic mass is 9.96. The van der Waals surface area contributed by atoms with Crippen LogP contribution in [0.15, 0.2) is 42.6 Å². The highest BCUT2D eigenvalue weighted by Gasteiger charge is 2.46. The summed E-state index contributed by atoms with van der Waals surface area (Å²) in [6.45, 7) is -1.14. The van der Waals surface area contributed by atoms with E-state index in [-0.39, 0.29) is 5.91 Å². The number of rotatable bonds is 2. The van der Waals surface area contributed by atoms with Crippen molar-refractivity contribution in [2.75, 3.05) is 24.1 Å². The van der Waals surface area contributed by atoms with Crippen LogP contribution in [-0.2, 0) is 11.2 Å². The number of nitrogens with two attached hydrogens (primary N) is 1. The zero-order chi connectivity index (χ0) is 20.3. The van der Waals surface area contributed by atoms with Gasteiger partial charge in [-0.1, -0.05) is 12.1 Å². The van der Waals surface area contributed by atoms with E-state index in [0.29, 0.717) is 28.6 Å². The summed E-state index contributed by atoms with van der Waals surface area (Å²) in [5.41, 5.74) is 9.53. The number of pyridine rings is 1. The molecule has 2 aliphatic heterocycles. The maximum absolute atomic E-state index is 13.1. The normalized spacial score (nSPS) is 17.0. The molecule has 0 spiro atoms. The van der Waals surface area contributed by atoms with Crippen molar-refractivity contribution in [3.05, 3.63) is 53.7 Å². The number of nitrogens with one attached hydrogen (secondary N) is 1. The van der Waals surface area contributed by atoms with Crippen molar-refractivity contribution in [3.8, 4) is 11.1 Å². The van der Waals surface area contributed by atoms with Crippen LogP contribution in [0.3, 0.4) is 0 Å². The van der Waals surface area contributed by atoms with Gasteiger partial charge >= 0.3 is 0 Å². The van der Waals surface area contributed by atoms with Crippen LogP contribution in [0.25, 0.3) is 21.9 Å². The standard InChI is InChI=1S/C21H16F2N4O2/c22-21(23)9-27(10-21)20(29)13-3-4-14-15(5-13)16(8-25-19(14)24)11-1-2-12-7-18(28)26-17(12)6-11/h1-6,8H,7,9-10H2,(H2,24,25)(H,26,28). The molecule has 0 saturated carbocycles. The Morgan fingerprint density at radius 3 is 2.69 bits per heavy atom. The van der Waals surface area contributed by atoms with Crippen molar-refractivity contribution in [1.29, 1.82) is 0 Å². The van der Waals surface area contributed by atoms with E-state index in [1.165, 1.54) is 0 Å². The number of carbonyl (C=O) groups is 2. The Morgan fingerprint density at radius 1 is 1.14 bits per heavy atom. The van der Waals surface area contributed by atoms with Gasteiger partial charge in [0.2, 0.25) is 5.91 Å². The first kappa shape index (κ1) is 17.5. The maximum atomic E-state index is 13.1. The number of anilines is 2. The van der Waals surface area contributed by atoms with E-state index in [9.17, 15) is 18.4 Å². The molecule has 5 rings (SSSR count). The highest BCUT2D eigenvalue weighted by Crippen LogP contribution is 2.36. The maximum Gasteiger partial charge on any atom is 0.282 e. The molecule has 0 atom stereocenters. The zero-order valence-corrected chi connectivity index (χ0v) is 15.2. The molecule has 0 unspecified atom stereocenters. The molecule has 146 valence electrons. The third-order valence-electron chi connectivity index (χ3n) is 5.34. The third-order valence-corrected chi connectivity index (χ3v) is 5.34. The van der Waals surface area contributed by atoms with Gasteiger partial charge in [0.05, 0.1) is 19.5 Å². The minimum absolute atomic E-state index is 0.0586. The van der Waals surface area contributed by atoms with Crippen LogP contribution in [0.4, 0.5) is 20.3 Å². The van der Waals surface area contributed by atoms with Crippen molar-refractivity contribution < 1.29 is 18.4 Å². The number of benzene rings is 2. The predicted molar refractivity (Wildman–Crippen MR) is 105 cm³/mol. The largest absolute Gasteiger partial charge is 0.383 e. The molecule has 6 nitrogen and oxygen atoms in total. The molecular weight excluding hydrogens is 378 g/mol. The number of nitrogen functional groups attached to an aromatic ring is 1. The summed E-state index contributed by atoms with van der Waals surface area (Å²) in [5, 5.41) is 4.18. The van der Waals surface area contributed by atoms with E-state index < -0.39 is 24.9 Å². The smallest absolute Gasteiger partial charge is 0.282 e. The first-order valence-electron chi connectivity index (χ1n) is 9.09. The van der Waals surface area contributed by atoms with Gasteiger partial charge in [-0.2, -0.15) is 0 Å². The summed E-state index contributed by atoms with van der Waals surface area (Å²) in [6, 6.07) is 10.5. The zero-order valence-electron chi connectivity index (χ0n) is 15.2. The highest BCUT2D eigenvalue weighted by atomic mass is 19.3. The summed E-state index contributed by atoms with van der Waals surface area (Å²) in [6.07, 6.45) is 1.96. The lowest BCUT2D eigenvalue weighted by Crippen LogP contribution is -2.58. The Labute approximate surface area is 164 Å². The van der Waals surface area contributed by atoms with E-state index >= 15 is 0 Å². The van der Waals surface area contributed by atoms with Gasteiger partial charge in [0.25, 0.3) is 11.8 Å². The van der Waals surface area contributed by atoms with Crippen molar-refractivity contribution in [3.63, 3.8) is 0 Å². The Morgan fingerprint density at radius 2 is 1.93 bits per heavy atom. The minimum Gasteiger partial charge on any atom is -0.383 e. The number of amides is 2. The summed E-state index contributed by atoms with van der Waals surface area (Å²) >= 11 is 0. The lowest BCUT2D eigenvalue weighted by molar-refractivity contribution is -0.115. The van der Waals surface area contributed by atoms with Gasteiger partial charge < -0.3 is 16.0 Å². The third kappa shape index (κ3) is 2.88. The molecule has 1 aromatic heterocycles. The number of hydrogen-bond donors (Lipinski definition) is 2. The van der Waals surface area contributed by atoms with E-state index in [4.69, 9.17) is 5.73 Å². The van der Waals surface area contributed by atoms with Gasteiger partial charge in [-0.3, -0.25) is 9.59 Å². The molecule has 0 aliphatic carbocycles. The van der Waals surface area contributed by atoms with Crippen LogP contribution in [0.5, 0.6) is 0 Å². The number of likely N-dealkylation sites (tertiary alicyclic amines) is 1. The molecule has 3 heterocycles. The summed E-state index contributed by atoms with van der Waals surface area (Å²) in [5.74, 6) is -3.01. The van der Waals surface area contributed by atoms with Gasteiger partial charge in [0.15, 0.2) is 0 Å². The number of hydrogen-bond acceptors (Lipinski definition) is 4. The summed E-state index contributed by atoms with van der Waals surface area (Å²) in [4.78, 5) is 29.6. The molecule has 2 amide bonds. The molecule has 29 heavy (non-hydrogen) atoms. The lowest BCUT2D eigenvalue weighted by Gasteiger charge is -2.38. The van der Waals surface area contributed by atoms with E-state index in [1.807, 2.05) is 18.2 Å². The molecule has 2 aliphatic rings. The van der Waals surface area contributed by atoms with E-state index in [2.05, 4.69) is 10.3 Å². The second kappa shape index (κ2) is 5.97. The molecular formula is C21H16F2N4O2. The van der Waals surface area contributed by atoms with Crippen LogP contribution < -0.4 is 11.1 Å². The van der Waals surface area contributed by atoms with Crippen LogP contribution in [0, 0.1) is 0 Å². The molecule has 0 radical (unpaired) electrons. The fourth-order valence-electron chi connectivity index (χ4n) is 3.85. The fourth-order valence-corrected chi connectivity index (χ4v) is 3.85.